The fourth-order valence-corrected chi connectivity index (χ4v) is 3.77. The molecule has 0 heterocycles. The maximum Gasteiger partial charge on any atom is 0.244 e. The van der Waals surface area contributed by atoms with Gasteiger partial charge in [-0.3, -0.25) is 4.79 Å². The number of halogens is 2. The number of nitrogens with zero attached hydrogens (tertiary/aromatic N) is 1. The number of benzene rings is 4. The van der Waals surface area contributed by atoms with Crippen LogP contribution in [0.2, 0.25) is 5.02 Å². The van der Waals surface area contributed by atoms with Crippen LogP contribution in [0.5, 0.6) is 5.75 Å². The molecule has 0 bridgehead atoms. The molecule has 0 aliphatic heterocycles. The number of carbonyl (C=O) groups excluding carboxylic acids is 1. The van der Waals surface area contributed by atoms with E-state index >= 15 is 0 Å². The number of carbonyl (C=O) groups is 1. The SMILES string of the molecule is O=C(Cc1ccc(Br)cc1)N/N=C/c1cc(Cl)ccc1OCc1cccc2ccccc12. The third-order valence-corrected chi connectivity index (χ3v) is 5.67. The molecule has 1 amide bonds. The summed E-state index contributed by atoms with van der Waals surface area (Å²) in [6.45, 7) is 0.403. The Morgan fingerprint density at radius 3 is 2.62 bits per heavy atom. The third-order valence-electron chi connectivity index (χ3n) is 4.91. The van der Waals surface area contributed by atoms with E-state index in [9.17, 15) is 4.79 Å². The molecular weight excluding hydrogens is 488 g/mol. The maximum absolute atomic E-state index is 12.2. The van der Waals surface area contributed by atoms with Crippen LogP contribution in [-0.4, -0.2) is 12.1 Å². The van der Waals surface area contributed by atoms with Crippen molar-refractivity contribution >= 4 is 50.4 Å². The summed E-state index contributed by atoms with van der Waals surface area (Å²) in [6, 6.07) is 27.3. The molecule has 0 radical (unpaired) electrons. The molecule has 6 heteroatoms. The zero-order valence-corrected chi connectivity index (χ0v) is 19.4. The largest absolute Gasteiger partial charge is 0.488 e. The van der Waals surface area contributed by atoms with Gasteiger partial charge in [-0.15, -0.1) is 0 Å². The summed E-state index contributed by atoms with van der Waals surface area (Å²) in [5, 5.41) is 6.97. The molecule has 0 aliphatic carbocycles. The van der Waals surface area contributed by atoms with Crippen molar-refractivity contribution in [2.45, 2.75) is 13.0 Å². The van der Waals surface area contributed by atoms with Crippen LogP contribution >= 0.6 is 27.5 Å². The van der Waals surface area contributed by atoms with Crippen molar-refractivity contribution in [1.29, 1.82) is 0 Å². The lowest BCUT2D eigenvalue weighted by atomic mass is 10.1. The summed E-state index contributed by atoms with van der Waals surface area (Å²) in [7, 11) is 0. The van der Waals surface area contributed by atoms with Gasteiger partial charge in [0.15, 0.2) is 0 Å². The van der Waals surface area contributed by atoms with Crippen molar-refractivity contribution in [1.82, 2.24) is 5.43 Å². The summed E-state index contributed by atoms with van der Waals surface area (Å²) in [4.78, 5) is 12.2. The minimum atomic E-state index is -0.205. The molecule has 4 aromatic carbocycles. The lowest BCUT2D eigenvalue weighted by Gasteiger charge is -2.11. The van der Waals surface area contributed by atoms with Crippen molar-refractivity contribution in [3.63, 3.8) is 0 Å². The molecule has 0 saturated carbocycles. The molecule has 0 spiro atoms. The number of ether oxygens (including phenoxy) is 1. The van der Waals surface area contributed by atoms with Crippen LogP contribution in [-0.2, 0) is 17.8 Å². The van der Waals surface area contributed by atoms with Gasteiger partial charge in [0.2, 0.25) is 5.91 Å². The number of amides is 1. The van der Waals surface area contributed by atoms with Gasteiger partial charge in [0, 0.05) is 15.1 Å². The standard InChI is InChI=1S/C26H20BrClN2O2/c27-22-10-8-18(9-11-22)14-26(31)30-29-16-21-15-23(28)12-13-25(21)32-17-20-6-3-5-19-4-1-2-7-24(19)20/h1-13,15-16H,14,17H2,(H,30,31)/b29-16+. The van der Waals surface area contributed by atoms with E-state index in [0.29, 0.717) is 22.9 Å². The van der Waals surface area contributed by atoms with Crippen molar-refractivity contribution in [3.8, 4) is 5.75 Å². The van der Waals surface area contributed by atoms with E-state index < -0.39 is 0 Å². The van der Waals surface area contributed by atoms with Crippen LogP contribution in [0.3, 0.4) is 0 Å². The fraction of sp³-hybridized carbons (Fsp3) is 0.0769. The highest BCUT2D eigenvalue weighted by atomic mass is 79.9. The van der Waals surface area contributed by atoms with E-state index in [1.54, 1.807) is 24.4 Å². The third kappa shape index (κ3) is 5.75. The van der Waals surface area contributed by atoms with E-state index in [0.717, 1.165) is 21.0 Å². The number of hydrogen-bond donors (Lipinski definition) is 1. The van der Waals surface area contributed by atoms with Crippen LogP contribution in [0.15, 0.2) is 94.5 Å². The van der Waals surface area contributed by atoms with Crippen LogP contribution in [0.25, 0.3) is 10.8 Å². The molecule has 0 aromatic heterocycles. The van der Waals surface area contributed by atoms with Gasteiger partial charge in [-0.2, -0.15) is 5.10 Å². The molecule has 4 aromatic rings. The van der Waals surface area contributed by atoms with Crippen molar-refractivity contribution in [2.24, 2.45) is 5.10 Å². The monoisotopic (exact) mass is 506 g/mol. The van der Waals surface area contributed by atoms with Crippen molar-refractivity contribution < 1.29 is 9.53 Å². The molecule has 0 atom stereocenters. The lowest BCUT2D eigenvalue weighted by Crippen LogP contribution is -2.19. The van der Waals surface area contributed by atoms with E-state index in [4.69, 9.17) is 16.3 Å². The molecule has 0 aliphatic rings. The van der Waals surface area contributed by atoms with Gasteiger partial charge in [-0.25, -0.2) is 5.43 Å². The first-order valence-corrected chi connectivity index (χ1v) is 11.2. The fourth-order valence-electron chi connectivity index (χ4n) is 3.33. The second-order valence-electron chi connectivity index (χ2n) is 7.21. The average molecular weight is 508 g/mol. The van der Waals surface area contributed by atoms with Crippen LogP contribution in [0.1, 0.15) is 16.7 Å². The highest BCUT2D eigenvalue weighted by molar-refractivity contribution is 9.10. The van der Waals surface area contributed by atoms with Gasteiger partial charge in [0.05, 0.1) is 12.6 Å². The van der Waals surface area contributed by atoms with Crippen LogP contribution < -0.4 is 10.2 Å². The Bertz CT molecular complexity index is 1270. The van der Waals surface area contributed by atoms with Gasteiger partial charge >= 0.3 is 0 Å². The summed E-state index contributed by atoms with van der Waals surface area (Å²) < 4.78 is 7.05. The van der Waals surface area contributed by atoms with Crippen LogP contribution in [0, 0.1) is 0 Å². The lowest BCUT2D eigenvalue weighted by molar-refractivity contribution is -0.120. The molecule has 1 N–H and O–H groups in total. The van der Waals surface area contributed by atoms with E-state index in [2.05, 4.69) is 44.7 Å². The Balaban J connectivity index is 1.43. The predicted octanol–water partition coefficient (Wildman–Crippen LogP) is 6.53. The van der Waals surface area contributed by atoms with Gasteiger partial charge in [-0.1, -0.05) is 82.1 Å². The summed E-state index contributed by atoms with van der Waals surface area (Å²) in [6.07, 6.45) is 1.79. The average Bonchev–Trinajstić information content (AvgIpc) is 2.80. The minimum Gasteiger partial charge on any atom is -0.488 e. The number of nitrogens with one attached hydrogen (secondary N) is 1. The second kappa shape index (κ2) is 10.4. The molecule has 160 valence electrons. The smallest absolute Gasteiger partial charge is 0.244 e. The first kappa shape index (κ1) is 22.1. The molecular formula is C26H20BrClN2O2. The Labute approximate surface area is 200 Å². The van der Waals surface area contributed by atoms with E-state index in [-0.39, 0.29) is 12.3 Å². The highest BCUT2D eigenvalue weighted by Gasteiger charge is 2.07. The zero-order chi connectivity index (χ0) is 22.3. The first-order chi connectivity index (χ1) is 15.6. The Morgan fingerprint density at radius 2 is 1.78 bits per heavy atom. The molecule has 0 saturated heterocycles. The Hall–Kier alpha value is -3.15. The predicted molar refractivity (Wildman–Crippen MR) is 133 cm³/mol. The molecule has 32 heavy (non-hydrogen) atoms. The molecule has 4 rings (SSSR count). The Kier molecular flexibility index (Phi) is 7.20. The number of rotatable bonds is 7. The van der Waals surface area contributed by atoms with Gasteiger partial charge < -0.3 is 4.74 Å². The molecule has 0 unspecified atom stereocenters. The number of fused-ring (bicyclic) bond motifs is 1. The maximum atomic E-state index is 12.2. The quantitative estimate of drug-likeness (QED) is 0.228. The summed E-state index contributed by atoms with van der Waals surface area (Å²) >= 11 is 9.55. The van der Waals surface area contributed by atoms with E-state index in [1.165, 1.54) is 5.39 Å². The van der Waals surface area contributed by atoms with Crippen LogP contribution in [0.4, 0.5) is 0 Å². The summed E-state index contributed by atoms with van der Waals surface area (Å²) in [5.74, 6) is 0.428. The normalized spacial score (nSPS) is 11.1. The molecule has 4 nitrogen and oxygen atoms in total. The zero-order valence-electron chi connectivity index (χ0n) is 17.1. The minimum absolute atomic E-state index is 0.205. The number of hydrazone groups is 1. The Morgan fingerprint density at radius 1 is 1.00 bits per heavy atom. The second-order valence-corrected chi connectivity index (χ2v) is 8.56. The summed E-state index contributed by atoms with van der Waals surface area (Å²) in [5.41, 5.74) is 5.23. The van der Waals surface area contributed by atoms with Crippen molar-refractivity contribution in [3.05, 3.63) is 111 Å². The molecule has 0 fully saturated rings. The highest BCUT2D eigenvalue weighted by Crippen LogP contribution is 2.24. The van der Waals surface area contributed by atoms with Gasteiger partial charge in [0.25, 0.3) is 0 Å². The number of hydrogen-bond acceptors (Lipinski definition) is 3. The van der Waals surface area contributed by atoms with E-state index in [1.807, 2.05) is 48.5 Å². The van der Waals surface area contributed by atoms with Crippen molar-refractivity contribution in [2.75, 3.05) is 0 Å². The van der Waals surface area contributed by atoms with Gasteiger partial charge in [0.1, 0.15) is 12.4 Å². The van der Waals surface area contributed by atoms with Gasteiger partial charge in [-0.05, 0) is 52.2 Å². The topological polar surface area (TPSA) is 50.7 Å². The first-order valence-electron chi connectivity index (χ1n) is 10.0.